The first-order valence-corrected chi connectivity index (χ1v) is 7.04. The molecule has 0 N–H and O–H groups in total. The molecule has 5 nitrogen and oxygen atoms in total. The third-order valence-electron chi connectivity index (χ3n) is 4.23. The van der Waals surface area contributed by atoms with Gasteiger partial charge in [-0.3, -0.25) is 9.20 Å². The van der Waals surface area contributed by atoms with E-state index in [1.54, 1.807) is 0 Å². The van der Waals surface area contributed by atoms with Crippen LogP contribution in [0.25, 0.3) is 5.65 Å². The highest BCUT2D eigenvalue weighted by molar-refractivity contribution is 5.83. The number of imidazole rings is 1. The lowest BCUT2D eigenvalue weighted by molar-refractivity contribution is 0.111. The van der Waals surface area contributed by atoms with Crippen LogP contribution < -0.4 is 4.90 Å². The fourth-order valence-electron chi connectivity index (χ4n) is 2.93. The Morgan fingerprint density at radius 3 is 2.80 bits per heavy atom. The Balaban J connectivity index is 1.94. The highest BCUT2D eigenvalue weighted by atomic mass is 16.1. The number of rotatable bonds is 3. The van der Waals surface area contributed by atoms with Gasteiger partial charge >= 0.3 is 0 Å². The summed E-state index contributed by atoms with van der Waals surface area (Å²) in [5.41, 5.74) is 1.46. The quantitative estimate of drug-likeness (QED) is 0.797. The van der Waals surface area contributed by atoms with Crippen molar-refractivity contribution in [2.45, 2.75) is 18.9 Å². The number of hydrogen-bond acceptors (Lipinski definition) is 4. The lowest BCUT2D eigenvalue weighted by atomic mass is 10.0. The van der Waals surface area contributed by atoms with Gasteiger partial charge in [-0.2, -0.15) is 0 Å². The SMILES string of the molecule is CN1CCC(N(C)c2nc3ccccn3c2C=O)CC1. The molecule has 3 rings (SSSR count). The standard InChI is InChI=1S/C15H20N4O/c1-17-9-6-12(7-10-17)18(2)15-13(11-20)19-8-4-3-5-14(19)16-15/h3-5,8,11-12H,6-7,9-10H2,1-2H3. The maximum absolute atomic E-state index is 11.4. The Kier molecular flexibility index (Phi) is 3.44. The number of carbonyl (C=O) groups excluding carboxylic acids is 1. The Hall–Kier alpha value is -1.88. The van der Waals surface area contributed by atoms with E-state index in [4.69, 9.17) is 0 Å². The average molecular weight is 272 g/mol. The first-order valence-electron chi connectivity index (χ1n) is 7.04. The molecule has 0 bridgehead atoms. The topological polar surface area (TPSA) is 40.9 Å². The molecule has 0 spiro atoms. The molecule has 1 saturated heterocycles. The van der Waals surface area contributed by atoms with Crippen molar-refractivity contribution in [3.8, 4) is 0 Å². The summed E-state index contributed by atoms with van der Waals surface area (Å²) in [5, 5.41) is 0. The van der Waals surface area contributed by atoms with Gasteiger partial charge in [-0.05, 0) is 45.1 Å². The summed E-state index contributed by atoms with van der Waals surface area (Å²) >= 11 is 0. The Labute approximate surface area is 118 Å². The molecule has 106 valence electrons. The number of fused-ring (bicyclic) bond motifs is 1. The summed E-state index contributed by atoms with van der Waals surface area (Å²) < 4.78 is 1.85. The number of pyridine rings is 1. The molecule has 0 amide bonds. The normalized spacial score (nSPS) is 17.5. The summed E-state index contributed by atoms with van der Waals surface area (Å²) in [6, 6.07) is 6.24. The highest BCUT2D eigenvalue weighted by Crippen LogP contribution is 2.24. The van der Waals surface area contributed by atoms with Crippen LogP contribution in [0, 0.1) is 0 Å². The molecule has 2 aromatic rings. The van der Waals surface area contributed by atoms with Crippen molar-refractivity contribution in [3.05, 3.63) is 30.1 Å². The number of likely N-dealkylation sites (tertiary alicyclic amines) is 1. The van der Waals surface area contributed by atoms with Crippen LogP contribution >= 0.6 is 0 Å². The number of aromatic nitrogens is 2. The second-order valence-corrected chi connectivity index (χ2v) is 5.51. The zero-order valence-electron chi connectivity index (χ0n) is 12.0. The van der Waals surface area contributed by atoms with E-state index in [1.165, 1.54) is 0 Å². The van der Waals surface area contributed by atoms with Crippen molar-refractivity contribution >= 4 is 17.8 Å². The van der Waals surface area contributed by atoms with E-state index in [-0.39, 0.29) is 0 Å². The van der Waals surface area contributed by atoms with Gasteiger partial charge in [-0.1, -0.05) is 6.07 Å². The predicted octanol–water partition coefficient (Wildman–Crippen LogP) is 1.68. The van der Waals surface area contributed by atoms with Gasteiger partial charge < -0.3 is 9.80 Å². The molecule has 0 saturated carbocycles. The molecule has 0 aromatic carbocycles. The van der Waals surface area contributed by atoms with Gasteiger partial charge in [0.1, 0.15) is 11.3 Å². The number of hydrogen-bond donors (Lipinski definition) is 0. The van der Waals surface area contributed by atoms with Crippen molar-refractivity contribution in [2.75, 3.05) is 32.1 Å². The largest absolute Gasteiger partial charge is 0.355 e. The molecule has 2 aromatic heterocycles. The first-order chi connectivity index (χ1) is 9.70. The van der Waals surface area contributed by atoms with Crippen LogP contribution in [0.15, 0.2) is 24.4 Å². The van der Waals surface area contributed by atoms with Crippen molar-refractivity contribution in [2.24, 2.45) is 0 Å². The molecule has 3 heterocycles. The third-order valence-corrected chi connectivity index (χ3v) is 4.23. The number of aldehydes is 1. The fraction of sp³-hybridized carbons (Fsp3) is 0.467. The van der Waals surface area contributed by atoms with Crippen molar-refractivity contribution in [3.63, 3.8) is 0 Å². The minimum Gasteiger partial charge on any atom is -0.355 e. The summed E-state index contributed by atoms with van der Waals surface area (Å²) in [7, 11) is 4.20. The van der Waals surface area contributed by atoms with Gasteiger partial charge in [-0.15, -0.1) is 0 Å². The molecular formula is C15H20N4O. The molecule has 1 fully saturated rings. The number of carbonyl (C=O) groups is 1. The van der Waals surface area contributed by atoms with E-state index < -0.39 is 0 Å². The van der Waals surface area contributed by atoms with Crippen LogP contribution in [0.4, 0.5) is 5.82 Å². The van der Waals surface area contributed by atoms with Crippen LogP contribution in [-0.2, 0) is 0 Å². The van der Waals surface area contributed by atoms with Gasteiger partial charge in [0, 0.05) is 19.3 Å². The van der Waals surface area contributed by atoms with Gasteiger partial charge in [0.2, 0.25) is 0 Å². The van der Waals surface area contributed by atoms with Crippen molar-refractivity contribution in [1.29, 1.82) is 0 Å². The van der Waals surface area contributed by atoms with Crippen molar-refractivity contribution in [1.82, 2.24) is 14.3 Å². The van der Waals surface area contributed by atoms with E-state index in [0.717, 1.165) is 43.7 Å². The monoisotopic (exact) mass is 272 g/mol. The molecule has 1 aliphatic rings. The summed E-state index contributed by atoms with van der Waals surface area (Å²) in [4.78, 5) is 20.6. The second-order valence-electron chi connectivity index (χ2n) is 5.51. The fourth-order valence-corrected chi connectivity index (χ4v) is 2.93. The summed E-state index contributed by atoms with van der Waals surface area (Å²) in [6.07, 6.45) is 5.01. The van der Waals surface area contributed by atoms with Crippen LogP contribution in [0.5, 0.6) is 0 Å². The first kappa shape index (κ1) is 13.1. The minimum absolute atomic E-state index is 0.454. The zero-order valence-corrected chi connectivity index (χ0v) is 12.0. The number of anilines is 1. The minimum atomic E-state index is 0.454. The van der Waals surface area contributed by atoms with Crippen LogP contribution in [0.3, 0.4) is 0 Å². The van der Waals surface area contributed by atoms with E-state index >= 15 is 0 Å². The zero-order chi connectivity index (χ0) is 14.1. The molecule has 1 aliphatic heterocycles. The van der Waals surface area contributed by atoms with Crippen LogP contribution in [-0.4, -0.2) is 53.8 Å². The summed E-state index contributed by atoms with van der Waals surface area (Å²) in [6.45, 7) is 2.19. The van der Waals surface area contributed by atoms with E-state index in [2.05, 4.69) is 21.8 Å². The number of nitrogens with zero attached hydrogens (tertiary/aromatic N) is 4. The van der Waals surface area contributed by atoms with Crippen LogP contribution in [0.1, 0.15) is 23.3 Å². The summed E-state index contributed by atoms with van der Waals surface area (Å²) in [5.74, 6) is 0.792. The average Bonchev–Trinajstić information content (AvgIpc) is 2.85. The molecular weight excluding hydrogens is 252 g/mol. The second kappa shape index (κ2) is 5.25. The molecule has 0 radical (unpaired) electrons. The molecule has 0 aliphatic carbocycles. The van der Waals surface area contributed by atoms with Gasteiger partial charge in [0.25, 0.3) is 0 Å². The lowest BCUT2D eigenvalue weighted by Gasteiger charge is -2.35. The van der Waals surface area contributed by atoms with Gasteiger partial charge in [-0.25, -0.2) is 4.98 Å². The third kappa shape index (κ3) is 2.18. The van der Waals surface area contributed by atoms with E-state index in [1.807, 2.05) is 35.8 Å². The van der Waals surface area contributed by atoms with E-state index in [9.17, 15) is 4.79 Å². The Morgan fingerprint density at radius 2 is 2.10 bits per heavy atom. The number of piperidine rings is 1. The molecule has 5 heteroatoms. The smallest absolute Gasteiger partial charge is 0.170 e. The maximum atomic E-state index is 11.4. The van der Waals surface area contributed by atoms with E-state index in [0.29, 0.717) is 11.7 Å². The van der Waals surface area contributed by atoms with Gasteiger partial charge in [0.15, 0.2) is 12.1 Å². The Morgan fingerprint density at radius 1 is 1.35 bits per heavy atom. The predicted molar refractivity (Wildman–Crippen MR) is 79.5 cm³/mol. The van der Waals surface area contributed by atoms with Crippen LogP contribution in [0.2, 0.25) is 0 Å². The molecule has 0 atom stereocenters. The Bertz CT molecular complexity index is 613. The molecule has 20 heavy (non-hydrogen) atoms. The molecule has 0 unspecified atom stereocenters. The van der Waals surface area contributed by atoms with Crippen molar-refractivity contribution < 1.29 is 4.79 Å². The lowest BCUT2D eigenvalue weighted by Crippen LogP contribution is -2.42. The maximum Gasteiger partial charge on any atom is 0.170 e. The van der Waals surface area contributed by atoms with Gasteiger partial charge in [0.05, 0.1) is 0 Å². The highest BCUT2D eigenvalue weighted by Gasteiger charge is 2.24.